The van der Waals surface area contributed by atoms with Gasteiger partial charge in [-0.3, -0.25) is 4.90 Å². The summed E-state index contributed by atoms with van der Waals surface area (Å²) in [5.74, 6) is 0. The highest BCUT2D eigenvalue weighted by Gasteiger charge is 2.20. The minimum atomic E-state index is -0.0325. The van der Waals surface area contributed by atoms with Crippen LogP contribution in [-0.4, -0.2) is 19.1 Å². The molecule has 2 amide bonds. The highest BCUT2D eigenvalue weighted by molar-refractivity contribution is 5.94. The molecular weight excluding hydrogens is 226 g/mol. The molecule has 5 heteroatoms. The van der Waals surface area contributed by atoms with Crippen molar-refractivity contribution >= 4 is 29.8 Å². The van der Waals surface area contributed by atoms with Crippen LogP contribution in [0, 0.1) is 6.92 Å². The van der Waals surface area contributed by atoms with Crippen LogP contribution in [0.15, 0.2) is 18.2 Å². The monoisotopic (exact) mass is 241 g/mol. The summed E-state index contributed by atoms with van der Waals surface area (Å²) in [6.45, 7) is 3.46. The normalized spacial score (nSPS) is 15.3. The minimum absolute atomic E-state index is 0. The van der Waals surface area contributed by atoms with Crippen molar-refractivity contribution in [2.75, 3.05) is 23.7 Å². The number of nitrogens with one attached hydrogen (secondary N) is 1. The number of carbonyl (C=O) groups excluding carboxylic acids is 1. The van der Waals surface area contributed by atoms with Crippen molar-refractivity contribution in [3.63, 3.8) is 0 Å². The zero-order valence-electron chi connectivity index (χ0n) is 9.19. The van der Waals surface area contributed by atoms with Gasteiger partial charge in [0.2, 0.25) is 0 Å². The first-order valence-corrected chi connectivity index (χ1v) is 5.10. The number of amides is 2. The molecule has 1 aromatic rings. The Bertz CT molecular complexity index is 395. The fourth-order valence-electron chi connectivity index (χ4n) is 1.79. The van der Waals surface area contributed by atoms with E-state index in [1.54, 1.807) is 4.90 Å². The van der Waals surface area contributed by atoms with E-state index in [2.05, 4.69) is 5.32 Å². The Morgan fingerprint density at radius 2 is 2.19 bits per heavy atom. The second-order valence-electron chi connectivity index (χ2n) is 3.73. The van der Waals surface area contributed by atoms with Crippen LogP contribution >= 0.6 is 12.4 Å². The smallest absolute Gasteiger partial charge is 0.321 e. The van der Waals surface area contributed by atoms with Crippen LogP contribution in [0.1, 0.15) is 12.0 Å². The molecule has 4 nitrogen and oxygen atoms in total. The molecule has 0 aromatic heterocycles. The summed E-state index contributed by atoms with van der Waals surface area (Å²) in [5.41, 5.74) is 8.42. The number of hydrogen-bond acceptors (Lipinski definition) is 2. The van der Waals surface area contributed by atoms with E-state index in [4.69, 9.17) is 5.73 Å². The van der Waals surface area contributed by atoms with Crippen molar-refractivity contribution < 1.29 is 4.79 Å². The number of nitrogens with zero attached hydrogens (tertiary/aromatic N) is 1. The molecule has 0 unspecified atom stereocenters. The van der Waals surface area contributed by atoms with E-state index in [1.165, 1.54) is 0 Å². The Morgan fingerprint density at radius 1 is 1.44 bits per heavy atom. The molecular formula is C11H16ClN3O. The molecule has 2 rings (SSSR count). The van der Waals surface area contributed by atoms with Crippen LogP contribution in [0.3, 0.4) is 0 Å². The summed E-state index contributed by atoms with van der Waals surface area (Å²) in [7, 11) is 0. The van der Waals surface area contributed by atoms with E-state index in [1.807, 2.05) is 25.1 Å². The third-order valence-electron chi connectivity index (χ3n) is 2.72. The van der Waals surface area contributed by atoms with Crippen LogP contribution in [0.25, 0.3) is 0 Å². The van der Waals surface area contributed by atoms with Crippen molar-refractivity contribution in [2.45, 2.75) is 13.3 Å². The average Bonchev–Trinajstić information content (AvgIpc) is 2.23. The van der Waals surface area contributed by atoms with Gasteiger partial charge in [0.05, 0.1) is 5.69 Å². The van der Waals surface area contributed by atoms with Crippen molar-refractivity contribution in [2.24, 2.45) is 0 Å². The van der Waals surface area contributed by atoms with Crippen LogP contribution in [0.4, 0.5) is 16.2 Å². The molecule has 0 atom stereocenters. The fourth-order valence-corrected chi connectivity index (χ4v) is 1.79. The first-order valence-electron chi connectivity index (χ1n) is 5.10. The summed E-state index contributed by atoms with van der Waals surface area (Å²) in [4.78, 5) is 13.4. The Morgan fingerprint density at radius 3 is 2.88 bits per heavy atom. The van der Waals surface area contributed by atoms with Crippen LogP contribution in [0.5, 0.6) is 0 Å². The van der Waals surface area contributed by atoms with E-state index in [9.17, 15) is 4.79 Å². The molecule has 0 saturated carbocycles. The molecule has 0 spiro atoms. The number of halogens is 1. The van der Waals surface area contributed by atoms with Gasteiger partial charge in [-0.25, -0.2) is 4.79 Å². The molecule has 1 heterocycles. The van der Waals surface area contributed by atoms with Gasteiger partial charge < -0.3 is 11.1 Å². The van der Waals surface area contributed by atoms with Gasteiger partial charge in [-0.1, -0.05) is 6.07 Å². The molecule has 1 aliphatic rings. The molecule has 1 fully saturated rings. The molecule has 0 bridgehead atoms. The van der Waals surface area contributed by atoms with Crippen molar-refractivity contribution in [3.8, 4) is 0 Å². The highest BCUT2D eigenvalue weighted by atomic mass is 35.5. The summed E-state index contributed by atoms with van der Waals surface area (Å²) in [6.07, 6.45) is 0.972. The molecule has 16 heavy (non-hydrogen) atoms. The number of nitrogens with two attached hydrogens (primary N) is 1. The van der Waals surface area contributed by atoms with Crippen LogP contribution in [-0.2, 0) is 0 Å². The zero-order chi connectivity index (χ0) is 10.8. The maximum atomic E-state index is 11.6. The van der Waals surface area contributed by atoms with Gasteiger partial charge in [0, 0.05) is 18.8 Å². The van der Waals surface area contributed by atoms with E-state index < -0.39 is 0 Å². The summed E-state index contributed by atoms with van der Waals surface area (Å²) in [5, 5.41) is 2.82. The summed E-state index contributed by atoms with van der Waals surface area (Å²) in [6, 6.07) is 5.62. The predicted octanol–water partition coefficient (Wildman–Crippen LogP) is 1.92. The van der Waals surface area contributed by atoms with E-state index in [0.717, 1.165) is 36.4 Å². The molecule has 1 saturated heterocycles. The second-order valence-corrected chi connectivity index (χ2v) is 3.73. The predicted molar refractivity (Wildman–Crippen MR) is 68.2 cm³/mol. The fraction of sp³-hybridized carbons (Fsp3) is 0.364. The van der Waals surface area contributed by atoms with Gasteiger partial charge in [-0.05, 0) is 31.0 Å². The van der Waals surface area contributed by atoms with Gasteiger partial charge in [-0.15, -0.1) is 12.4 Å². The minimum Gasteiger partial charge on any atom is -0.398 e. The van der Waals surface area contributed by atoms with Gasteiger partial charge >= 0.3 is 6.03 Å². The third-order valence-corrected chi connectivity index (χ3v) is 2.72. The number of urea groups is 1. The SMILES string of the molecule is Cc1c(N)cccc1N1CCCNC1=O.Cl. The Balaban J connectivity index is 0.00000128. The standard InChI is InChI=1S/C11H15N3O.ClH/c1-8-9(12)4-2-5-10(8)14-7-3-6-13-11(14)15;/h2,4-5H,3,6-7,12H2,1H3,(H,13,15);1H. The van der Waals surface area contributed by atoms with E-state index in [0.29, 0.717) is 0 Å². The number of carbonyl (C=O) groups is 1. The van der Waals surface area contributed by atoms with Gasteiger partial charge in [-0.2, -0.15) is 0 Å². The van der Waals surface area contributed by atoms with Crippen LogP contribution < -0.4 is 16.0 Å². The summed E-state index contributed by atoms with van der Waals surface area (Å²) < 4.78 is 0. The number of hydrogen-bond donors (Lipinski definition) is 2. The van der Waals surface area contributed by atoms with Crippen molar-refractivity contribution in [1.82, 2.24) is 5.32 Å². The lowest BCUT2D eigenvalue weighted by atomic mass is 10.1. The number of anilines is 2. The van der Waals surface area contributed by atoms with Gasteiger partial charge in [0.25, 0.3) is 0 Å². The average molecular weight is 242 g/mol. The Kier molecular flexibility index (Phi) is 4.01. The maximum absolute atomic E-state index is 11.6. The molecule has 1 aromatic carbocycles. The number of benzene rings is 1. The van der Waals surface area contributed by atoms with Gasteiger partial charge in [0.1, 0.15) is 0 Å². The van der Waals surface area contributed by atoms with Crippen LogP contribution in [0.2, 0.25) is 0 Å². The third kappa shape index (κ3) is 2.22. The molecule has 1 aliphatic heterocycles. The topological polar surface area (TPSA) is 58.4 Å². The molecule has 0 aliphatic carbocycles. The molecule has 3 N–H and O–H groups in total. The quantitative estimate of drug-likeness (QED) is 0.738. The number of rotatable bonds is 1. The summed E-state index contributed by atoms with van der Waals surface area (Å²) >= 11 is 0. The molecule has 88 valence electrons. The lowest BCUT2D eigenvalue weighted by Crippen LogP contribution is -2.46. The van der Waals surface area contributed by atoms with E-state index >= 15 is 0 Å². The first-order chi connectivity index (χ1) is 7.20. The van der Waals surface area contributed by atoms with E-state index in [-0.39, 0.29) is 18.4 Å². The van der Waals surface area contributed by atoms with Crippen molar-refractivity contribution in [3.05, 3.63) is 23.8 Å². The zero-order valence-corrected chi connectivity index (χ0v) is 10.0. The second kappa shape index (κ2) is 5.07. The Hall–Kier alpha value is -1.42. The maximum Gasteiger partial charge on any atom is 0.321 e. The Labute approximate surface area is 101 Å². The largest absolute Gasteiger partial charge is 0.398 e. The molecule has 0 radical (unpaired) electrons. The number of nitrogen functional groups attached to an aromatic ring is 1. The lowest BCUT2D eigenvalue weighted by molar-refractivity contribution is 0.243. The first kappa shape index (κ1) is 12.6. The van der Waals surface area contributed by atoms with Gasteiger partial charge in [0.15, 0.2) is 0 Å². The van der Waals surface area contributed by atoms with Crippen molar-refractivity contribution in [1.29, 1.82) is 0 Å². The highest BCUT2D eigenvalue weighted by Crippen LogP contribution is 2.25. The lowest BCUT2D eigenvalue weighted by Gasteiger charge is -2.29.